The lowest BCUT2D eigenvalue weighted by Crippen LogP contribution is -2.40. The quantitative estimate of drug-likeness (QED) is 0.794. The molecule has 3 nitrogen and oxygen atoms in total. The Labute approximate surface area is 136 Å². The van der Waals surface area contributed by atoms with Crippen LogP contribution in [0.2, 0.25) is 0 Å². The first-order valence-corrected chi connectivity index (χ1v) is 10.1. The maximum atomic E-state index is 12.6. The number of halogens is 1. The van der Waals surface area contributed by atoms with Crippen molar-refractivity contribution in [2.75, 3.05) is 11.9 Å². The highest BCUT2D eigenvalue weighted by Gasteiger charge is 2.32. The van der Waals surface area contributed by atoms with Crippen LogP contribution in [0.1, 0.15) is 43.2 Å². The van der Waals surface area contributed by atoms with Gasteiger partial charge in [-0.1, -0.05) is 47.3 Å². The van der Waals surface area contributed by atoms with Crippen molar-refractivity contribution in [3.63, 3.8) is 0 Å². The lowest BCUT2D eigenvalue weighted by atomic mass is 9.76. The third-order valence-electron chi connectivity index (χ3n) is 4.47. The molecular weight excluding hydrogens is 350 g/mol. The van der Waals surface area contributed by atoms with Gasteiger partial charge in [0.05, 0.1) is 4.90 Å². The largest absolute Gasteiger partial charge is 0.240 e. The molecule has 21 heavy (non-hydrogen) atoms. The molecule has 1 fully saturated rings. The van der Waals surface area contributed by atoms with Crippen LogP contribution in [0.5, 0.6) is 0 Å². The number of aryl methyl sites for hydroxylation is 2. The van der Waals surface area contributed by atoms with Crippen LogP contribution in [-0.2, 0) is 10.0 Å². The highest BCUT2D eigenvalue weighted by Crippen LogP contribution is 2.37. The maximum absolute atomic E-state index is 12.6. The third-order valence-corrected chi connectivity index (χ3v) is 7.20. The van der Waals surface area contributed by atoms with Crippen LogP contribution in [0, 0.1) is 19.3 Å². The smallest absolute Gasteiger partial charge is 0.211 e. The Hall–Kier alpha value is -0.390. The van der Waals surface area contributed by atoms with E-state index in [0.717, 1.165) is 29.3 Å². The van der Waals surface area contributed by atoms with Gasteiger partial charge >= 0.3 is 0 Å². The van der Waals surface area contributed by atoms with Gasteiger partial charge in [0, 0.05) is 11.9 Å². The van der Waals surface area contributed by atoms with Gasteiger partial charge in [-0.3, -0.25) is 0 Å². The second-order valence-corrected chi connectivity index (χ2v) is 8.58. The monoisotopic (exact) mass is 373 g/mol. The first-order chi connectivity index (χ1) is 9.88. The fourth-order valence-corrected chi connectivity index (χ4v) is 5.23. The van der Waals surface area contributed by atoms with E-state index >= 15 is 0 Å². The Morgan fingerprint density at radius 3 is 2.48 bits per heavy atom. The van der Waals surface area contributed by atoms with Crippen LogP contribution >= 0.6 is 15.9 Å². The normalized spacial score (nSPS) is 18.6. The zero-order valence-corrected chi connectivity index (χ0v) is 15.2. The van der Waals surface area contributed by atoms with Crippen LogP contribution < -0.4 is 4.72 Å². The predicted octanol–water partition coefficient (Wildman–Crippen LogP) is 3.93. The summed E-state index contributed by atoms with van der Waals surface area (Å²) >= 11 is 3.58. The Balaban J connectivity index is 2.15. The average molecular weight is 374 g/mol. The van der Waals surface area contributed by atoms with E-state index in [1.54, 1.807) is 6.07 Å². The molecule has 118 valence electrons. The summed E-state index contributed by atoms with van der Waals surface area (Å²) in [4.78, 5) is 0.406. The highest BCUT2D eigenvalue weighted by molar-refractivity contribution is 9.09. The number of rotatable bonds is 5. The van der Waals surface area contributed by atoms with Crippen molar-refractivity contribution in [2.45, 2.75) is 50.8 Å². The van der Waals surface area contributed by atoms with Crippen LogP contribution in [-0.4, -0.2) is 20.3 Å². The van der Waals surface area contributed by atoms with Gasteiger partial charge in [0.25, 0.3) is 0 Å². The zero-order valence-electron chi connectivity index (χ0n) is 12.8. The summed E-state index contributed by atoms with van der Waals surface area (Å²) < 4.78 is 28.0. The number of hydrogen-bond acceptors (Lipinski definition) is 2. The molecule has 0 spiro atoms. The Morgan fingerprint density at radius 1 is 1.19 bits per heavy atom. The van der Waals surface area contributed by atoms with Gasteiger partial charge in [-0.2, -0.15) is 0 Å². The molecule has 1 aliphatic carbocycles. The summed E-state index contributed by atoms with van der Waals surface area (Å²) in [7, 11) is -3.43. The summed E-state index contributed by atoms with van der Waals surface area (Å²) in [6.45, 7) is 4.28. The maximum Gasteiger partial charge on any atom is 0.240 e. The molecule has 1 aliphatic rings. The number of alkyl halides is 1. The van der Waals surface area contributed by atoms with Gasteiger partial charge in [-0.05, 0) is 49.3 Å². The van der Waals surface area contributed by atoms with Crippen molar-refractivity contribution in [3.05, 3.63) is 29.3 Å². The van der Waals surface area contributed by atoms with E-state index in [4.69, 9.17) is 0 Å². The SMILES string of the molecule is Cc1ccc(C)c(S(=O)(=O)NCC2(CBr)CCCCC2)c1. The average Bonchev–Trinajstić information content (AvgIpc) is 2.49. The first kappa shape index (κ1) is 17.0. The molecule has 0 aromatic heterocycles. The predicted molar refractivity (Wildman–Crippen MR) is 90.4 cm³/mol. The number of hydrogen-bond donors (Lipinski definition) is 1. The molecule has 0 radical (unpaired) electrons. The van der Waals surface area contributed by atoms with Crippen molar-refractivity contribution in [1.82, 2.24) is 4.72 Å². The van der Waals surface area contributed by atoms with E-state index in [1.165, 1.54) is 19.3 Å². The van der Waals surface area contributed by atoms with E-state index in [2.05, 4.69) is 20.7 Å². The molecule has 1 saturated carbocycles. The van der Waals surface area contributed by atoms with E-state index < -0.39 is 10.0 Å². The second kappa shape index (κ2) is 6.80. The molecular formula is C16H24BrNO2S. The molecule has 0 bridgehead atoms. The summed E-state index contributed by atoms with van der Waals surface area (Å²) in [5.74, 6) is 0. The minimum Gasteiger partial charge on any atom is -0.211 e. The minimum atomic E-state index is -3.43. The molecule has 1 aromatic rings. The van der Waals surface area contributed by atoms with Gasteiger partial charge in [0.2, 0.25) is 10.0 Å². The highest BCUT2D eigenvalue weighted by atomic mass is 79.9. The van der Waals surface area contributed by atoms with E-state index in [0.29, 0.717) is 11.4 Å². The van der Waals surface area contributed by atoms with Crippen LogP contribution in [0.4, 0.5) is 0 Å². The van der Waals surface area contributed by atoms with Crippen LogP contribution in [0.25, 0.3) is 0 Å². The Kier molecular flexibility index (Phi) is 5.49. The van der Waals surface area contributed by atoms with Gasteiger partial charge in [-0.25, -0.2) is 13.1 Å². The van der Waals surface area contributed by atoms with Crippen molar-refractivity contribution >= 4 is 26.0 Å². The zero-order chi connectivity index (χ0) is 15.5. The number of benzene rings is 1. The first-order valence-electron chi connectivity index (χ1n) is 7.51. The summed E-state index contributed by atoms with van der Waals surface area (Å²) in [6.07, 6.45) is 5.83. The molecule has 0 heterocycles. The number of sulfonamides is 1. The van der Waals surface area contributed by atoms with E-state index in [-0.39, 0.29) is 5.41 Å². The Bertz CT molecular complexity index is 592. The van der Waals surface area contributed by atoms with Gasteiger partial charge in [0.1, 0.15) is 0 Å². The summed E-state index contributed by atoms with van der Waals surface area (Å²) in [5.41, 5.74) is 1.83. The second-order valence-electron chi connectivity index (χ2n) is 6.29. The summed E-state index contributed by atoms with van der Waals surface area (Å²) in [6, 6.07) is 5.56. The Morgan fingerprint density at radius 2 is 1.86 bits per heavy atom. The van der Waals surface area contributed by atoms with E-state index in [1.807, 2.05) is 26.0 Å². The standard InChI is InChI=1S/C16H24BrNO2S/c1-13-6-7-14(2)15(10-13)21(19,20)18-12-16(11-17)8-4-3-5-9-16/h6-7,10,18H,3-5,8-9,11-12H2,1-2H3. The number of nitrogens with one attached hydrogen (secondary N) is 1. The lowest BCUT2D eigenvalue weighted by Gasteiger charge is -2.35. The summed E-state index contributed by atoms with van der Waals surface area (Å²) in [5, 5.41) is 0.856. The molecule has 0 amide bonds. The van der Waals surface area contributed by atoms with Crippen molar-refractivity contribution in [2.24, 2.45) is 5.41 Å². The molecule has 0 atom stereocenters. The van der Waals surface area contributed by atoms with Crippen molar-refractivity contribution in [1.29, 1.82) is 0 Å². The third kappa shape index (κ3) is 4.08. The lowest BCUT2D eigenvalue weighted by molar-refractivity contribution is 0.227. The fraction of sp³-hybridized carbons (Fsp3) is 0.625. The molecule has 0 aliphatic heterocycles. The van der Waals surface area contributed by atoms with Crippen LogP contribution in [0.3, 0.4) is 0 Å². The molecule has 5 heteroatoms. The topological polar surface area (TPSA) is 46.2 Å². The molecule has 1 aromatic carbocycles. The molecule has 1 N–H and O–H groups in total. The van der Waals surface area contributed by atoms with E-state index in [9.17, 15) is 8.42 Å². The molecule has 0 saturated heterocycles. The minimum absolute atomic E-state index is 0.0725. The van der Waals surface area contributed by atoms with Crippen molar-refractivity contribution in [3.8, 4) is 0 Å². The fourth-order valence-electron chi connectivity index (χ4n) is 2.98. The van der Waals surface area contributed by atoms with Gasteiger partial charge < -0.3 is 0 Å². The van der Waals surface area contributed by atoms with Gasteiger partial charge in [0.15, 0.2) is 0 Å². The molecule has 0 unspecified atom stereocenters. The van der Waals surface area contributed by atoms with Gasteiger partial charge in [-0.15, -0.1) is 0 Å². The van der Waals surface area contributed by atoms with Crippen LogP contribution in [0.15, 0.2) is 23.1 Å². The molecule has 2 rings (SSSR count). The van der Waals surface area contributed by atoms with Crippen molar-refractivity contribution < 1.29 is 8.42 Å².